The Morgan fingerprint density at radius 1 is 1.04 bits per heavy atom. The minimum atomic E-state index is -0.118. The fourth-order valence-electron chi connectivity index (χ4n) is 2.80. The molecule has 3 rings (SSSR count). The molecule has 0 saturated carbocycles. The van der Waals surface area contributed by atoms with Crippen molar-refractivity contribution in [1.82, 2.24) is 14.9 Å². The highest BCUT2D eigenvalue weighted by molar-refractivity contribution is 5.92. The van der Waals surface area contributed by atoms with Gasteiger partial charge in [-0.1, -0.05) is 42.5 Å². The van der Waals surface area contributed by atoms with Gasteiger partial charge in [-0.3, -0.25) is 4.79 Å². The van der Waals surface area contributed by atoms with Crippen LogP contribution in [0.2, 0.25) is 0 Å². The summed E-state index contributed by atoms with van der Waals surface area (Å²) in [6, 6.07) is 16.1. The van der Waals surface area contributed by atoms with Gasteiger partial charge in [0.2, 0.25) is 0 Å². The van der Waals surface area contributed by atoms with Crippen LogP contribution in [-0.2, 0) is 6.54 Å². The number of hydrogen-bond donors (Lipinski definition) is 1. The fraction of sp³-hybridized carbons (Fsp3) is 0.227. The van der Waals surface area contributed by atoms with Crippen molar-refractivity contribution >= 4 is 17.4 Å². The summed E-state index contributed by atoms with van der Waals surface area (Å²) in [4.78, 5) is 23.2. The maximum atomic E-state index is 12.8. The normalized spacial score (nSPS) is 10.5. The average molecular weight is 360 g/mol. The number of nitrogens with one attached hydrogen (secondary N) is 1. The summed E-state index contributed by atoms with van der Waals surface area (Å²) in [5.74, 6) is 0.499. The van der Waals surface area contributed by atoms with E-state index in [4.69, 9.17) is 0 Å². The number of nitrogens with zero attached hydrogens (tertiary/aromatic N) is 3. The molecule has 0 unspecified atom stereocenters. The Morgan fingerprint density at radius 3 is 2.48 bits per heavy atom. The van der Waals surface area contributed by atoms with Gasteiger partial charge >= 0.3 is 0 Å². The Bertz CT molecular complexity index is 907. The maximum Gasteiger partial charge on any atom is 0.274 e. The van der Waals surface area contributed by atoms with Crippen molar-refractivity contribution in [3.8, 4) is 0 Å². The van der Waals surface area contributed by atoms with Gasteiger partial charge in [-0.15, -0.1) is 0 Å². The maximum absolute atomic E-state index is 12.8. The number of benzene rings is 2. The Kier molecular flexibility index (Phi) is 5.81. The van der Waals surface area contributed by atoms with Gasteiger partial charge in [0.15, 0.2) is 0 Å². The predicted octanol–water partition coefficient (Wildman–Crippen LogP) is 4.50. The lowest BCUT2D eigenvalue weighted by molar-refractivity contribution is 0.0746. The first-order chi connectivity index (χ1) is 13.1. The molecule has 1 aromatic heterocycles. The molecule has 27 heavy (non-hydrogen) atoms. The highest BCUT2D eigenvalue weighted by atomic mass is 16.2. The average Bonchev–Trinajstić information content (AvgIpc) is 2.70. The van der Waals surface area contributed by atoms with Crippen molar-refractivity contribution in [1.29, 1.82) is 0 Å². The Hall–Kier alpha value is -3.21. The lowest BCUT2D eigenvalue weighted by Gasteiger charge is -2.20. The molecule has 0 spiro atoms. The molecule has 5 heteroatoms. The summed E-state index contributed by atoms with van der Waals surface area (Å²) < 4.78 is 0. The highest BCUT2D eigenvalue weighted by Gasteiger charge is 2.16. The Balaban J connectivity index is 1.71. The lowest BCUT2D eigenvalue weighted by Crippen LogP contribution is -2.31. The third-order valence-corrected chi connectivity index (χ3v) is 4.41. The van der Waals surface area contributed by atoms with Crippen LogP contribution in [-0.4, -0.2) is 27.3 Å². The van der Waals surface area contributed by atoms with Crippen LogP contribution in [0.25, 0.3) is 0 Å². The molecule has 5 nitrogen and oxygen atoms in total. The van der Waals surface area contributed by atoms with Crippen molar-refractivity contribution in [3.05, 3.63) is 83.3 Å². The smallest absolute Gasteiger partial charge is 0.274 e. The molecule has 0 bridgehead atoms. The second-order valence-corrected chi connectivity index (χ2v) is 6.54. The molecule has 0 aliphatic heterocycles. The van der Waals surface area contributed by atoms with Crippen LogP contribution in [0.1, 0.15) is 34.1 Å². The molecule has 1 N–H and O–H groups in total. The van der Waals surface area contributed by atoms with Crippen LogP contribution in [0.15, 0.2) is 60.9 Å². The summed E-state index contributed by atoms with van der Waals surface area (Å²) in [5, 5.41) is 3.26. The molecule has 0 atom stereocenters. The molecular weight excluding hydrogens is 336 g/mol. The quantitative estimate of drug-likeness (QED) is 0.703. The summed E-state index contributed by atoms with van der Waals surface area (Å²) in [7, 11) is 0. The molecule has 2 aromatic carbocycles. The van der Waals surface area contributed by atoms with Crippen LogP contribution in [0.3, 0.4) is 0 Å². The first kappa shape index (κ1) is 18.6. The van der Waals surface area contributed by atoms with E-state index in [0.717, 1.165) is 16.8 Å². The molecule has 3 aromatic rings. The molecule has 0 aliphatic rings. The van der Waals surface area contributed by atoms with Gasteiger partial charge in [-0.2, -0.15) is 0 Å². The van der Waals surface area contributed by atoms with E-state index in [1.54, 1.807) is 11.1 Å². The summed E-state index contributed by atoms with van der Waals surface area (Å²) in [5.41, 5.74) is 4.72. The van der Waals surface area contributed by atoms with Crippen LogP contribution in [0.5, 0.6) is 0 Å². The number of rotatable bonds is 6. The van der Waals surface area contributed by atoms with Gasteiger partial charge in [-0.25, -0.2) is 9.97 Å². The zero-order valence-corrected chi connectivity index (χ0v) is 15.9. The van der Waals surface area contributed by atoms with Gasteiger partial charge in [0.1, 0.15) is 11.5 Å². The molecular formula is C22H24N4O. The first-order valence-corrected chi connectivity index (χ1v) is 9.06. The number of anilines is 2. The predicted molar refractivity (Wildman–Crippen MR) is 108 cm³/mol. The third-order valence-electron chi connectivity index (χ3n) is 4.41. The van der Waals surface area contributed by atoms with Gasteiger partial charge in [0, 0.05) is 18.8 Å². The van der Waals surface area contributed by atoms with Crippen LogP contribution < -0.4 is 5.32 Å². The molecule has 0 fully saturated rings. The van der Waals surface area contributed by atoms with E-state index >= 15 is 0 Å². The minimum absolute atomic E-state index is 0.118. The molecule has 0 radical (unpaired) electrons. The van der Waals surface area contributed by atoms with E-state index in [0.29, 0.717) is 24.6 Å². The monoisotopic (exact) mass is 360 g/mol. The summed E-state index contributed by atoms with van der Waals surface area (Å²) in [6.07, 6.45) is 3.13. The fourth-order valence-corrected chi connectivity index (χ4v) is 2.80. The SMILES string of the molecule is CCN(Cc1ccccc1)C(=O)c1cnc(Nc2cc(C)ccc2C)cn1. The van der Waals surface area contributed by atoms with Crippen molar-refractivity contribution in [2.24, 2.45) is 0 Å². The van der Waals surface area contributed by atoms with E-state index in [1.807, 2.05) is 51.1 Å². The van der Waals surface area contributed by atoms with Crippen molar-refractivity contribution in [2.75, 3.05) is 11.9 Å². The van der Waals surface area contributed by atoms with Gasteiger partial charge in [0.05, 0.1) is 12.4 Å². The first-order valence-electron chi connectivity index (χ1n) is 9.06. The van der Waals surface area contributed by atoms with Crippen LogP contribution in [0, 0.1) is 13.8 Å². The van der Waals surface area contributed by atoms with E-state index in [9.17, 15) is 4.79 Å². The van der Waals surface area contributed by atoms with E-state index < -0.39 is 0 Å². The van der Waals surface area contributed by atoms with Crippen LogP contribution >= 0.6 is 0 Å². The number of hydrogen-bond acceptors (Lipinski definition) is 4. The van der Waals surface area contributed by atoms with Crippen molar-refractivity contribution in [3.63, 3.8) is 0 Å². The largest absolute Gasteiger partial charge is 0.339 e. The van der Waals surface area contributed by atoms with E-state index in [1.165, 1.54) is 11.8 Å². The van der Waals surface area contributed by atoms with Crippen molar-refractivity contribution in [2.45, 2.75) is 27.3 Å². The number of aryl methyl sites for hydroxylation is 2. The van der Waals surface area contributed by atoms with Gasteiger partial charge in [-0.05, 0) is 43.5 Å². The number of carbonyl (C=O) groups is 1. The lowest BCUT2D eigenvalue weighted by atomic mass is 10.1. The summed E-state index contributed by atoms with van der Waals surface area (Å²) in [6.45, 7) is 7.21. The highest BCUT2D eigenvalue weighted by Crippen LogP contribution is 2.20. The Labute approximate surface area is 160 Å². The molecule has 0 aliphatic carbocycles. The standard InChI is InChI=1S/C22H24N4O/c1-4-26(15-18-8-6-5-7-9-18)22(27)20-13-24-21(14-23-20)25-19-12-16(2)10-11-17(19)3/h5-14H,4,15H2,1-3H3,(H,24,25). The molecule has 138 valence electrons. The van der Waals surface area contributed by atoms with Gasteiger partial charge < -0.3 is 10.2 Å². The van der Waals surface area contributed by atoms with Crippen molar-refractivity contribution < 1.29 is 4.79 Å². The molecule has 0 saturated heterocycles. The number of carbonyl (C=O) groups excluding carboxylic acids is 1. The third kappa shape index (κ3) is 4.70. The van der Waals surface area contributed by atoms with E-state index in [-0.39, 0.29) is 5.91 Å². The zero-order chi connectivity index (χ0) is 19.2. The van der Waals surface area contributed by atoms with Crippen LogP contribution in [0.4, 0.5) is 11.5 Å². The molecule has 1 heterocycles. The Morgan fingerprint density at radius 2 is 1.81 bits per heavy atom. The molecule has 1 amide bonds. The zero-order valence-electron chi connectivity index (χ0n) is 15.9. The number of amides is 1. The summed E-state index contributed by atoms with van der Waals surface area (Å²) >= 11 is 0. The number of aromatic nitrogens is 2. The van der Waals surface area contributed by atoms with Gasteiger partial charge in [0.25, 0.3) is 5.91 Å². The minimum Gasteiger partial charge on any atom is -0.339 e. The second kappa shape index (κ2) is 8.45. The van der Waals surface area contributed by atoms with E-state index in [2.05, 4.69) is 33.5 Å². The topological polar surface area (TPSA) is 58.1 Å². The second-order valence-electron chi connectivity index (χ2n) is 6.54.